The van der Waals surface area contributed by atoms with Crippen molar-refractivity contribution in [1.29, 1.82) is 0 Å². The Morgan fingerprint density at radius 2 is 1.95 bits per heavy atom. The Bertz CT molecular complexity index is 420. The maximum Gasteiger partial charge on any atom is 0.146 e. The summed E-state index contributed by atoms with van der Waals surface area (Å²) in [5, 5.41) is 3.56. The monoisotopic (exact) mass is 320 g/mol. The van der Waals surface area contributed by atoms with Gasteiger partial charge < -0.3 is 5.32 Å². The van der Waals surface area contributed by atoms with Crippen molar-refractivity contribution in [2.45, 2.75) is 26.3 Å². The van der Waals surface area contributed by atoms with Gasteiger partial charge in [-0.2, -0.15) is 0 Å². The Kier molecular flexibility index (Phi) is 7.24. The van der Waals surface area contributed by atoms with Crippen LogP contribution in [-0.4, -0.2) is 31.1 Å². The summed E-state index contributed by atoms with van der Waals surface area (Å²) in [4.78, 5) is 2.37. The number of piperazine rings is 1. The largest absolute Gasteiger partial charge is 0.314 e. The Labute approximate surface area is 132 Å². The highest BCUT2D eigenvalue weighted by Gasteiger charge is 2.26. The van der Waals surface area contributed by atoms with E-state index in [1.165, 1.54) is 0 Å². The summed E-state index contributed by atoms with van der Waals surface area (Å²) < 4.78 is 14.3. The van der Waals surface area contributed by atoms with Gasteiger partial charge >= 0.3 is 0 Å². The van der Waals surface area contributed by atoms with E-state index >= 15 is 0 Å². The lowest BCUT2D eigenvalue weighted by Crippen LogP contribution is -2.45. The minimum Gasteiger partial charge on any atom is -0.314 e. The molecule has 5 heteroatoms. The lowest BCUT2D eigenvalue weighted by atomic mass is 9.94. The van der Waals surface area contributed by atoms with Crippen LogP contribution in [0.2, 0.25) is 5.02 Å². The van der Waals surface area contributed by atoms with Crippen molar-refractivity contribution in [2.75, 3.05) is 26.2 Å². The van der Waals surface area contributed by atoms with E-state index in [0.29, 0.717) is 5.92 Å². The van der Waals surface area contributed by atoms with Crippen LogP contribution in [0.15, 0.2) is 18.2 Å². The average Bonchev–Trinajstić information content (AvgIpc) is 2.40. The summed E-state index contributed by atoms with van der Waals surface area (Å²) in [5.74, 6) is 0.270. The zero-order chi connectivity index (χ0) is 13.8. The van der Waals surface area contributed by atoms with E-state index in [9.17, 15) is 4.39 Å². The van der Waals surface area contributed by atoms with E-state index in [0.717, 1.165) is 38.2 Å². The van der Waals surface area contributed by atoms with Crippen LogP contribution in [0.4, 0.5) is 4.39 Å². The first-order chi connectivity index (χ1) is 9.09. The van der Waals surface area contributed by atoms with Crippen molar-refractivity contribution in [2.24, 2.45) is 5.92 Å². The highest BCUT2D eigenvalue weighted by molar-refractivity contribution is 6.30. The minimum atomic E-state index is -0.256. The predicted octanol–water partition coefficient (Wildman–Crippen LogP) is 3.89. The minimum absolute atomic E-state index is 0. The summed E-state index contributed by atoms with van der Waals surface area (Å²) in [6.07, 6.45) is 0.956. The first kappa shape index (κ1) is 17.7. The van der Waals surface area contributed by atoms with E-state index in [1.54, 1.807) is 6.07 Å². The predicted molar refractivity (Wildman–Crippen MR) is 85.3 cm³/mol. The second-order valence-corrected chi connectivity index (χ2v) is 5.98. The highest BCUT2D eigenvalue weighted by Crippen LogP contribution is 2.32. The molecular formula is C15H23Cl2FN2. The first-order valence-electron chi connectivity index (χ1n) is 6.98. The molecule has 1 aliphatic rings. The number of halogens is 3. The van der Waals surface area contributed by atoms with Gasteiger partial charge in [0, 0.05) is 37.8 Å². The number of hydrogen-bond donors (Lipinski definition) is 1. The van der Waals surface area contributed by atoms with Crippen molar-refractivity contribution < 1.29 is 4.39 Å². The fourth-order valence-electron chi connectivity index (χ4n) is 2.69. The summed E-state index contributed by atoms with van der Waals surface area (Å²) in [7, 11) is 0. The Hall–Kier alpha value is -0.350. The van der Waals surface area contributed by atoms with E-state index in [4.69, 9.17) is 11.6 Å². The standard InChI is InChI=1S/C15H22ClFN2.ClH/c1-11(2)10-14(19-8-6-18-7-9-19)12-4-3-5-13(16)15(12)17;/h3-5,11,14,18H,6-10H2,1-2H3;1H/t14-;/m0./s1. The molecule has 1 aliphatic heterocycles. The van der Waals surface area contributed by atoms with Crippen molar-refractivity contribution >= 4 is 24.0 Å². The van der Waals surface area contributed by atoms with Gasteiger partial charge in [-0.05, 0) is 18.4 Å². The van der Waals surface area contributed by atoms with Crippen LogP contribution in [-0.2, 0) is 0 Å². The molecule has 2 nitrogen and oxygen atoms in total. The molecule has 20 heavy (non-hydrogen) atoms. The molecule has 0 radical (unpaired) electrons. The first-order valence-corrected chi connectivity index (χ1v) is 7.36. The molecule has 2 rings (SSSR count). The Balaban J connectivity index is 0.00000200. The van der Waals surface area contributed by atoms with Crippen LogP contribution < -0.4 is 5.32 Å². The van der Waals surface area contributed by atoms with Crippen molar-refractivity contribution in [3.8, 4) is 0 Å². The van der Waals surface area contributed by atoms with Gasteiger partial charge in [0.15, 0.2) is 0 Å². The fourth-order valence-corrected chi connectivity index (χ4v) is 2.87. The van der Waals surface area contributed by atoms with Crippen molar-refractivity contribution in [3.05, 3.63) is 34.6 Å². The van der Waals surface area contributed by atoms with E-state index in [1.807, 2.05) is 12.1 Å². The summed E-state index contributed by atoms with van der Waals surface area (Å²) in [5.41, 5.74) is 0.739. The maximum atomic E-state index is 14.3. The molecule has 1 N–H and O–H groups in total. The molecule has 0 spiro atoms. The lowest BCUT2D eigenvalue weighted by molar-refractivity contribution is 0.151. The Morgan fingerprint density at radius 3 is 2.55 bits per heavy atom. The zero-order valence-corrected chi connectivity index (χ0v) is 13.6. The molecule has 0 unspecified atom stereocenters. The average molecular weight is 321 g/mol. The van der Waals surface area contributed by atoms with Gasteiger partial charge in [-0.3, -0.25) is 4.90 Å². The topological polar surface area (TPSA) is 15.3 Å². The van der Waals surface area contributed by atoms with Crippen molar-refractivity contribution in [3.63, 3.8) is 0 Å². The van der Waals surface area contributed by atoms with Crippen LogP contribution >= 0.6 is 24.0 Å². The van der Waals surface area contributed by atoms with Gasteiger partial charge in [-0.15, -0.1) is 12.4 Å². The highest BCUT2D eigenvalue weighted by atomic mass is 35.5. The van der Waals surface area contributed by atoms with E-state index < -0.39 is 0 Å². The van der Waals surface area contributed by atoms with Gasteiger partial charge in [0.05, 0.1) is 5.02 Å². The third-order valence-corrected chi connectivity index (χ3v) is 3.92. The number of nitrogens with zero attached hydrogens (tertiary/aromatic N) is 1. The number of rotatable bonds is 4. The summed E-state index contributed by atoms with van der Waals surface area (Å²) in [6.45, 7) is 8.22. The molecule has 0 amide bonds. The summed E-state index contributed by atoms with van der Waals surface area (Å²) >= 11 is 5.93. The van der Waals surface area contributed by atoms with Gasteiger partial charge in [0.2, 0.25) is 0 Å². The van der Waals surface area contributed by atoms with Crippen LogP contribution in [0.5, 0.6) is 0 Å². The molecule has 1 saturated heterocycles. The van der Waals surface area contributed by atoms with Gasteiger partial charge in [-0.1, -0.05) is 37.6 Å². The number of nitrogens with one attached hydrogen (secondary N) is 1. The van der Waals surface area contributed by atoms with Gasteiger partial charge in [0.25, 0.3) is 0 Å². The van der Waals surface area contributed by atoms with Crippen LogP contribution in [0.25, 0.3) is 0 Å². The van der Waals surface area contributed by atoms with E-state index in [-0.39, 0.29) is 29.3 Å². The molecule has 1 aromatic rings. The summed E-state index contributed by atoms with van der Waals surface area (Å²) in [6, 6.07) is 5.46. The molecule has 0 aromatic heterocycles. The molecule has 0 bridgehead atoms. The zero-order valence-electron chi connectivity index (χ0n) is 12.0. The molecule has 0 saturated carbocycles. The molecule has 1 atom stereocenters. The number of hydrogen-bond acceptors (Lipinski definition) is 2. The van der Waals surface area contributed by atoms with Crippen molar-refractivity contribution in [1.82, 2.24) is 10.2 Å². The quantitative estimate of drug-likeness (QED) is 0.905. The maximum absolute atomic E-state index is 14.3. The van der Waals surface area contributed by atoms with E-state index in [2.05, 4.69) is 24.1 Å². The molecule has 1 aromatic carbocycles. The molecule has 1 heterocycles. The van der Waals surface area contributed by atoms with Gasteiger partial charge in [-0.25, -0.2) is 4.39 Å². The SMILES string of the molecule is CC(C)C[C@@H](c1cccc(Cl)c1F)N1CCNCC1.Cl. The fraction of sp³-hybridized carbons (Fsp3) is 0.600. The second kappa shape index (κ2) is 8.18. The van der Waals surface area contributed by atoms with Crippen LogP contribution in [0.3, 0.4) is 0 Å². The van der Waals surface area contributed by atoms with Crippen LogP contribution in [0.1, 0.15) is 31.9 Å². The molecule has 1 fully saturated rings. The molecule has 0 aliphatic carbocycles. The number of benzene rings is 1. The second-order valence-electron chi connectivity index (χ2n) is 5.57. The molecule has 114 valence electrons. The smallest absolute Gasteiger partial charge is 0.146 e. The third-order valence-electron chi connectivity index (χ3n) is 3.63. The lowest BCUT2D eigenvalue weighted by Gasteiger charge is -2.36. The third kappa shape index (κ3) is 4.32. The van der Waals surface area contributed by atoms with Crippen LogP contribution in [0, 0.1) is 11.7 Å². The normalized spacial score (nSPS) is 17.9. The van der Waals surface area contributed by atoms with Gasteiger partial charge in [0.1, 0.15) is 5.82 Å². The molecular weight excluding hydrogens is 298 g/mol. The Morgan fingerprint density at radius 1 is 1.30 bits per heavy atom.